The van der Waals surface area contributed by atoms with Gasteiger partial charge in [-0.25, -0.2) is 5.43 Å². The van der Waals surface area contributed by atoms with Crippen LogP contribution < -0.4 is 10.2 Å². The number of carbonyl (C=O) groups excluding carboxylic acids is 1. The van der Waals surface area contributed by atoms with E-state index in [1.807, 2.05) is 24.3 Å². The summed E-state index contributed by atoms with van der Waals surface area (Å²) < 4.78 is 6.83. The van der Waals surface area contributed by atoms with E-state index in [1.165, 1.54) is 11.8 Å². The van der Waals surface area contributed by atoms with E-state index >= 15 is 0 Å². The first-order valence-electron chi connectivity index (χ1n) is 6.73. The molecule has 0 saturated heterocycles. The van der Waals surface area contributed by atoms with E-state index < -0.39 is 0 Å². The molecule has 0 aliphatic rings. The molecule has 24 heavy (non-hydrogen) atoms. The molecular formula is C16H13Br2ClN2O2S. The summed E-state index contributed by atoms with van der Waals surface area (Å²) in [5, 5.41) is 4.64. The lowest BCUT2D eigenvalue weighted by Gasteiger charge is -2.06. The van der Waals surface area contributed by atoms with Crippen LogP contribution >= 0.6 is 55.2 Å². The minimum Gasteiger partial charge on any atom is -0.494 e. The minimum atomic E-state index is -0.183. The third-order valence-electron chi connectivity index (χ3n) is 2.81. The van der Waals surface area contributed by atoms with Crippen LogP contribution in [0.15, 0.2) is 55.3 Å². The van der Waals surface area contributed by atoms with Gasteiger partial charge >= 0.3 is 0 Å². The van der Waals surface area contributed by atoms with Gasteiger partial charge in [0.25, 0.3) is 0 Å². The third-order valence-corrected chi connectivity index (χ3v) is 5.25. The predicted octanol–water partition coefficient (Wildman–Crippen LogP) is 5.12. The Balaban J connectivity index is 1.87. The van der Waals surface area contributed by atoms with Gasteiger partial charge in [-0.2, -0.15) is 5.10 Å². The van der Waals surface area contributed by atoms with E-state index in [9.17, 15) is 4.79 Å². The molecule has 1 amide bonds. The van der Waals surface area contributed by atoms with Crippen molar-refractivity contribution in [2.24, 2.45) is 5.10 Å². The number of nitrogens with zero attached hydrogens (tertiary/aromatic N) is 1. The zero-order chi connectivity index (χ0) is 17.5. The van der Waals surface area contributed by atoms with E-state index in [0.29, 0.717) is 10.8 Å². The fourth-order valence-corrected chi connectivity index (χ4v) is 4.10. The van der Waals surface area contributed by atoms with Crippen molar-refractivity contribution in [2.75, 3.05) is 12.9 Å². The van der Waals surface area contributed by atoms with Crippen LogP contribution in [0.1, 0.15) is 5.56 Å². The smallest absolute Gasteiger partial charge is 0.250 e. The van der Waals surface area contributed by atoms with Crippen LogP contribution in [0, 0.1) is 0 Å². The van der Waals surface area contributed by atoms with Crippen molar-refractivity contribution in [1.29, 1.82) is 0 Å². The number of rotatable bonds is 6. The van der Waals surface area contributed by atoms with Gasteiger partial charge in [0.15, 0.2) is 0 Å². The molecule has 0 saturated carbocycles. The molecular weight excluding hydrogens is 480 g/mol. The zero-order valence-electron chi connectivity index (χ0n) is 12.6. The van der Waals surface area contributed by atoms with E-state index in [2.05, 4.69) is 42.4 Å². The maximum atomic E-state index is 11.8. The van der Waals surface area contributed by atoms with Crippen molar-refractivity contribution in [3.8, 4) is 5.75 Å². The van der Waals surface area contributed by atoms with Gasteiger partial charge in [0, 0.05) is 9.92 Å². The van der Waals surface area contributed by atoms with Crippen LogP contribution in [0.4, 0.5) is 0 Å². The van der Waals surface area contributed by atoms with Gasteiger partial charge in [-0.1, -0.05) is 11.6 Å². The molecule has 0 unspecified atom stereocenters. The molecule has 0 aliphatic heterocycles. The molecule has 1 N–H and O–H groups in total. The lowest BCUT2D eigenvalue weighted by Crippen LogP contribution is -2.19. The number of nitrogens with one attached hydrogen (secondary N) is 1. The molecule has 2 aromatic carbocycles. The van der Waals surface area contributed by atoms with E-state index in [0.717, 1.165) is 19.4 Å². The fraction of sp³-hybridized carbons (Fsp3) is 0.125. The SMILES string of the molecule is COc1c(Br)cc(/C=N\NC(=O)CSc2ccc(Cl)cc2)cc1Br. The summed E-state index contributed by atoms with van der Waals surface area (Å²) in [5.41, 5.74) is 3.32. The number of hydrazone groups is 1. The number of ether oxygens (including phenoxy) is 1. The van der Waals surface area contributed by atoms with Crippen molar-refractivity contribution >= 4 is 67.3 Å². The number of carbonyl (C=O) groups is 1. The Morgan fingerprint density at radius 2 is 1.92 bits per heavy atom. The first-order valence-corrected chi connectivity index (χ1v) is 9.68. The highest BCUT2D eigenvalue weighted by atomic mass is 79.9. The number of methoxy groups -OCH3 is 1. The summed E-state index contributed by atoms with van der Waals surface area (Å²) >= 11 is 14.1. The maximum Gasteiger partial charge on any atom is 0.250 e. The van der Waals surface area contributed by atoms with Gasteiger partial charge < -0.3 is 4.74 Å². The number of amides is 1. The topological polar surface area (TPSA) is 50.7 Å². The molecule has 2 rings (SSSR count). The Bertz CT molecular complexity index is 731. The average molecular weight is 493 g/mol. The second-order valence-corrected chi connectivity index (χ2v) is 7.75. The van der Waals surface area contributed by atoms with Crippen molar-refractivity contribution in [3.05, 3.63) is 55.9 Å². The molecule has 0 fully saturated rings. The summed E-state index contributed by atoms with van der Waals surface area (Å²) in [4.78, 5) is 12.8. The molecule has 0 atom stereocenters. The summed E-state index contributed by atoms with van der Waals surface area (Å²) in [6, 6.07) is 11.0. The van der Waals surface area contributed by atoms with Gasteiger partial charge in [-0.15, -0.1) is 11.8 Å². The van der Waals surface area contributed by atoms with E-state index in [1.54, 1.807) is 25.5 Å². The van der Waals surface area contributed by atoms with Gasteiger partial charge in [-0.3, -0.25) is 4.79 Å². The molecule has 0 radical (unpaired) electrons. The molecule has 126 valence electrons. The Kier molecular flexibility index (Phi) is 7.61. The molecule has 0 bridgehead atoms. The van der Waals surface area contributed by atoms with Crippen LogP contribution in [0.3, 0.4) is 0 Å². The second-order valence-electron chi connectivity index (χ2n) is 4.55. The zero-order valence-corrected chi connectivity index (χ0v) is 17.3. The Hall–Kier alpha value is -1.02. The molecule has 0 aromatic heterocycles. The van der Waals surface area contributed by atoms with Crippen molar-refractivity contribution in [3.63, 3.8) is 0 Å². The number of halogens is 3. The molecule has 4 nitrogen and oxygen atoms in total. The van der Waals surface area contributed by atoms with Crippen LogP contribution in [0.2, 0.25) is 5.02 Å². The van der Waals surface area contributed by atoms with Crippen LogP contribution in [-0.2, 0) is 4.79 Å². The van der Waals surface area contributed by atoms with Gasteiger partial charge in [0.05, 0.1) is 28.0 Å². The Morgan fingerprint density at radius 3 is 2.50 bits per heavy atom. The second kappa shape index (κ2) is 9.46. The molecule has 8 heteroatoms. The van der Waals surface area contributed by atoms with Crippen molar-refractivity contribution < 1.29 is 9.53 Å². The standard InChI is InChI=1S/C16H13Br2ClN2O2S/c1-23-16-13(17)6-10(7-14(16)18)8-20-21-15(22)9-24-12-4-2-11(19)3-5-12/h2-8H,9H2,1H3,(H,21,22)/b20-8-. The predicted molar refractivity (Wildman–Crippen MR) is 106 cm³/mol. The molecule has 0 heterocycles. The molecule has 0 aliphatic carbocycles. The summed E-state index contributed by atoms with van der Waals surface area (Å²) in [5.74, 6) is 0.794. The normalized spacial score (nSPS) is 10.8. The van der Waals surface area contributed by atoms with Crippen LogP contribution in [0.5, 0.6) is 5.75 Å². The lowest BCUT2D eigenvalue weighted by atomic mass is 10.2. The quantitative estimate of drug-likeness (QED) is 0.346. The number of thioether (sulfide) groups is 1. The monoisotopic (exact) mass is 490 g/mol. The number of hydrogen-bond donors (Lipinski definition) is 1. The van der Waals surface area contributed by atoms with E-state index in [-0.39, 0.29) is 11.7 Å². The highest BCUT2D eigenvalue weighted by molar-refractivity contribution is 9.11. The van der Waals surface area contributed by atoms with Gasteiger partial charge in [-0.05, 0) is 73.8 Å². The van der Waals surface area contributed by atoms with Crippen LogP contribution in [0.25, 0.3) is 0 Å². The molecule has 2 aromatic rings. The third kappa shape index (κ3) is 5.81. The fourth-order valence-electron chi connectivity index (χ4n) is 1.74. The summed E-state index contributed by atoms with van der Waals surface area (Å²) in [6.45, 7) is 0. The highest BCUT2D eigenvalue weighted by Crippen LogP contribution is 2.33. The summed E-state index contributed by atoms with van der Waals surface area (Å²) in [6.07, 6.45) is 1.57. The highest BCUT2D eigenvalue weighted by Gasteiger charge is 2.07. The summed E-state index contributed by atoms with van der Waals surface area (Å²) in [7, 11) is 1.59. The Labute approximate surface area is 166 Å². The van der Waals surface area contributed by atoms with Crippen molar-refractivity contribution in [2.45, 2.75) is 4.90 Å². The largest absolute Gasteiger partial charge is 0.494 e. The van der Waals surface area contributed by atoms with Gasteiger partial charge in [0.1, 0.15) is 5.75 Å². The minimum absolute atomic E-state index is 0.183. The number of benzene rings is 2. The maximum absolute atomic E-state index is 11.8. The van der Waals surface area contributed by atoms with Crippen molar-refractivity contribution in [1.82, 2.24) is 5.43 Å². The number of hydrogen-bond acceptors (Lipinski definition) is 4. The van der Waals surface area contributed by atoms with E-state index in [4.69, 9.17) is 16.3 Å². The van der Waals surface area contributed by atoms with Gasteiger partial charge in [0.2, 0.25) is 5.91 Å². The first-order chi connectivity index (χ1) is 11.5. The molecule has 0 spiro atoms. The Morgan fingerprint density at radius 1 is 1.29 bits per heavy atom. The van der Waals surface area contributed by atoms with Crippen LogP contribution in [-0.4, -0.2) is 25.0 Å². The lowest BCUT2D eigenvalue weighted by molar-refractivity contribution is -0.118. The average Bonchev–Trinajstić information content (AvgIpc) is 2.54. The first kappa shape index (κ1) is 19.3.